The molecular formula is C15H24N5O6PS. The van der Waals surface area contributed by atoms with E-state index in [0.29, 0.717) is 30.8 Å². The van der Waals surface area contributed by atoms with Gasteiger partial charge in [0.1, 0.15) is 24.1 Å². The average Bonchev–Trinajstić information content (AvgIpc) is 3.24. The maximum Gasteiger partial charge on any atom is 0.324 e. The van der Waals surface area contributed by atoms with E-state index in [4.69, 9.17) is 40.8 Å². The number of fused-ring (bicyclic) bond motifs is 1. The first kappa shape index (κ1) is 21.5. The fourth-order valence-corrected chi connectivity index (χ4v) is 4.03. The van der Waals surface area contributed by atoms with Gasteiger partial charge in [0.2, 0.25) is 0 Å². The van der Waals surface area contributed by atoms with Gasteiger partial charge < -0.3 is 29.4 Å². The summed E-state index contributed by atoms with van der Waals surface area (Å²) in [5, 5.41) is 0. The lowest BCUT2D eigenvalue weighted by molar-refractivity contribution is -0.0753. The molecule has 11 nitrogen and oxygen atoms in total. The number of methoxy groups -OCH3 is 1. The summed E-state index contributed by atoms with van der Waals surface area (Å²) in [7, 11) is 2.88. The lowest BCUT2D eigenvalue weighted by atomic mass is 10.1. The summed E-state index contributed by atoms with van der Waals surface area (Å²) in [4.78, 5) is 22.7. The highest BCUT2D eigenvalue weighted by Crippen LogP contribution is 2.49. The Bertz CT molecular complexity index is 853. The van der Waals surface area contributed by atoms with Gasteiger partial charge >= 0.3 is 6.72 Å². The van der Waals surface area contributed by atoms with Gasteiger partial charge in [0.15, 0.2) is 17.7 Å². The number of rotatable bonds is 9. The second kappa shape index (κ2) is 9.06. The highest BCUT2D eigenvalue weighted by atomic mass is 32.5. The molecule has 1 saturated heterocycles. The Morgan fingerprint density at radius 3 is 2.75 bits per heavy atom. The Hall–Kier alpha value is -1.24. The third kappa shape index (κ3) is 4.34. The zero-order chi connectivity index (χ0) is 20.3. The van der Waals surface area contributed by atoms with Crippen molar-refractivity contribution >= 4 is 35.5 Å². The normalized spacial score (nSPS) is 27.3. The fourth-order valence-electron chi connectivity index (χ4n) is 3.09. The molecule has 0 saturated carbocycles. The van der Waals surface area contributed by atoms with E-state index < -0.39 is 25.2 Å². The molecule has 0 aromatic carbocycles. The van der Waals surface area contributed by atoms with Gasteiger partial charge in [-0.1, -0.05) is 6.92 Å². The van der Waals surface area contributed by atoms with Crippen molar-refractivity contribution in [2.24, 2.45) is 0 Å². The third-order valence-electron chi connectivity index (χ3n) is 4.43. The van der Waals surface area contributed by atoms with Crippen LogP contribution in [-0.4, -0.2) is 70.2 Å². The molecule has 1 aliphatic heterocycles. The highest BCUT2D eigenvalue weighted by molar-refractivity contribution is 8.07. The van der Waals surface area contributed by atoms with Gasteiger partial charge in [-0.25, -0.2) is 15.0 Å². The molecule has 13 heteroatoms. The van der Waals surface area contributed by atoms with E-state index >= 15 is 0 Å². The smallest absolute Gasteiger partial charge is 0.324 e. The molecule has 0 aliphatic carbocycles. The molecule has 0 bridgehead atoms. The van der Waals surface area contributed by atoms with Crippen molar-refractivity contribution in [1.29, 1.82) is 0 Å². The fraction of sp³-hybridized carbons (Fsp3) is 0.667. The minimum atomic E-state index is -3.44. The van der Waals surface area contributed by atoms with Crippen LogP contribution < -0.4 is 5.73 Å². The van der Waals surface area contributed by atoms with Gasteiger partial charge in [0, 0.05) is 14.2 Å². The largest absolute Gasteiger partial charge is 0.382 e. The molecule has 5 atom stereocenters. The third-order valence-corrected chi connectivity index (χ3v) is 6.11. The van der Waals surface area contributed by atoms with Crippen LogP contribution >= 0.6 is 6.72 Å². The predicted octanol–water partition coefficient (Wildman–Crippen LogP) is 0.996. The molecule has 3 rings (SSSR count). The second-order valence-electron chi connectivity index (χ2n) is 6.11. The maximum atomic E-state index is 10.2. The Labute approximate surface area is 167 Å². The summed E-state index contributed by atoms with van der Waals surface area (Å²) in [5.74, 6) is 0.267. The highest BCUT2D eigenvalue weighted by Gasteiger charge is 2.49. The topological polar surface area (TPSA) is 136 Å². The second-order valence-corrected chi connectivity index (χ2v) is 9.00. The van der Waals surface area contributed by atoms with Crippen LogP contribution in [0.2, 0.25) is 0 Å². The number of nitrogens with two attached hydrogens (primary N) is 1. The van der Waals surface area contributed by atoms with Crippen LogP contribution in [0.25, 0.3) is 11.2 Å². The zero-order valence-electron chi connectivity index (χ0n) is 15.8. The van der Waals surface area contributed by atoms with E-state index in [-0.39, 0.29) is 11.9 Å². The lowest BCUT2D eigenvalue weighted by Gasteiger charge is -2.27. The van der Waals surface area contributed by atoms with Crippen LogP contribution in [-0.2, 0) is 35.1 Å². The van der Waals surface area contributed by atoms with E-state index in [9.17, 15) is 4.89 Å². The number of imidazole rings is 1. The summed E-state index contributed by atoms with van der Waals surface area (Å²) in [6, 6.07) is 0. The van der Waals surface area contributed by atoms with E-state index in [2.05, 4.69) is 15.0 Å². The molecule has 2 unspecified atom stereocenters. The molecule has 0 radical (unpaired) electrons. The number of ether oxygens (including phenoxy) is 3. The van der Waals surface area contributed by atoms with Gasteiger partial charge in [0.05, 0.1) is 25.6 Å². The van der Waals surface area contributed by atoms with Gasteiger partial charge in [0.25, 0.3) is 0 Å². The Morgan fingerprint density at radius 2 is 2.07 bits per heavy atom. The average molecular weight is 433 g/mol. The van der Waals surface area contributed by atoms with Crippen LogP contribution in [0.1, 0.15) is 19.6 Å². The lowest BCUT2D eigenvalue weighted by Crippen LogP contribution is -2.36. The Balaban J connectivity index is 1.97. The van der Waals surface area contributed by atoms with Crippen LogP contribution in [0.5, 0.6) is 0 Å². The molecule has 156 valence electrons. The standard InChI is InChI=1S/C15H24N5O6PS/c1-4-9-11(26-27(21,28)23-3)12(24-6-5-22-2)15(25-9)20-8-19-10-13(16)17-7-18-14(10)20/h7-9,11-12,15H,4-6H2,1-3H3,(H,21,28)(H2,16,17,18)/t9-,11+,12?,15-,27?/m1/s1. The van der Waals surface area contributed by atoms with Crippen LogP contribution in [0.4, 0.5) is 5.82 Å². The molecule has 0 amide bonds. The molecule has 28 heavy (non-hydrogen) atoms. The van der Waals surface area contributed by atoms with E-state index in [1.54, 1.807) is 18.0 Å². The number of nitrogen functional groups attached to an aromatic ring is 1. The van der Waals surface area contributed by atoms with Crippen LogP contribution in [0.3, 0.4) is 0 Å². The summed E-state index contributed by atoms with van der Waals surface area (Å²) >= 11 is 5.03. The van der Waals surface area contributed by atoms with Crippen molar-refractivity contribution in [3.8, 4) is 0 Å². The molecule has 3 heterocycles. The SMILES string of the molecule is CC[C@H]1O[C@@H](n2cnc3c(N)ncnc32)C(OCCOC)[C@H]1OP(O)(=S)OC. The van der Waals surface area contributed by atoms with Crippen molar-refractivity contribution in [2.45, 2.75) is 37.9 Å². The molecule has 0 spiro atoms. The van der Waals surface area contributed by atoms with Crippen molar-refractivity contribution in [3.05, 3.63) is 12.7 Å². The van der Waals surface area contributed by atoms with Crippen LogP contribution in [0.15, 0.2) is 12.7 Å². The van der Waals surface area contributed by atoms with E-state index in [0.717, 1.165) is 0 Å². The predicted molar refractivity (Wildman–Crippen MR) is 104 cm³/mol. The van der Waals surface area contributed by atoms with Crippen molar-refractivity contribution in [2.75, 3.05) is 33.2 Å². The minimum Gasteiger partial charge on any atom is -0.382 e. The van der Waals surface area contributed by atoms with Crippen molar-refractivity contribution < 1.29 is 28.2 Å². The Morgan fingerprint density at radius 1 is 1.29 bits per heavy atom. The molecule has 2 aromatic rings. The Kier molecular flexibility index (Phi) is 6.94. The number of nitrogens with zero attached hydrogens (tertiary/aromatic N) is 4. The first-order valence-electron chi connectivity index (χ1n) is 8.67. The quantitative estimate of drug-likeness (QED) is 0.433. The first-order chi connectivity index (χ1) is 13.4. The monoisotopic (exact) mass is 433 g/mol. The van der Waals surface area contributed by atoms with Crippen molar-refractivity contribution in [3.63, 3.8) is 0 Å². The molecular weight excluding hydrogens is 409 g/mol. The van der Waals surface area contributed by atoms with Gasteiger partial charge in [-0.3, -0.25) is 9.09 Å². The number of anilines is 1. The first-order valence-corrected chi connectivity index (χ1v) is 11.3. The zero-order valence-corrected chi connectivity index (χ0v) is 17.5. The summed E-state index contributed by atoms with van der Waals surface area (Å²) in [6.07, 6.45) is 1.24. The molecule has 1 fully saturated rings. The van der Waals surface area contributed by atoms with Crippen LogP contribution in [0, 0.1) is 0 Å². The minimum absolute atomic E-state index is 0.267. The molecule has 2 aromatic heterocycles. The van der Waals surface area contributed by atoms with Gasteiger partial charge in [-0.2, -0.15) is 0 Å². The number of aromatic nitrogens is 4. The maximum absolute atomic E-state index is 10.2. The summed E-state index contributed by atoms with van der Waals surface area (Å²) < 4.78 is 29.7. The summed E-state index contributed by atoms with van der Waals surface area (Å²) in [5.41, 5.74) is 6.85. The number of hydrogen-bond donors (Lipinski definition) is 2. The van der Waals surface area contributed by atoms with Gasteiger partial charge in [-0.15, -0.1) is 0 Å². The number of hydrogen-bond acceptors (Lipinski definition) is 10. The van der Waals surface area contributed by atoms with Crippen molar-refractivity contribution in [1.82, 2.24) is 19.5 Å². The molecule has 1 aliphatic rings. The van der Waals surface area contributed by atoms with E-state index in [1.807, 2.05) is 6.92 Å². The van der Waals surface area contributed by atoms with Gasteiger partial charge in [-0.05, 0) is 18.2 Å². The summed E-state index contributed by atoms with van der Waals surface area (Å²) in [6.45, 7) is -0.824. The molecule has 3 N–H and O–H groups in total. The van der Waals surface area contributed by atoms with E-state index in [1.165, 1.54) is 13.4 Å².